The molecular weight excluding hydrogens is 374 g/mol. The number of carbonyl (C=O) groups excluding carboxylic acids is 1. The second kappa shape index (κ2) is 7.20. The summed E-state index contributed by atoms with van der Waals surface area (Å²) in [7, 11) is 0. The minimum atomic E-state index is -0.0854. The summed E-state index contributed by atoms with van der Waals surface area (Å²) in [5.41, 5.74) is 1.10. The van der Waals surface area contributed by atoms with E-state index in [2.05, 4.69) is 13.8 Å². The molecular formula is C21H25N3O3S. The molecule has 6 nitrogen and oxygen atoms in total. The van der Waals surface area contributed by atoms with Crippen molar-refractivity contribution in [3.63, 3.8) is 0 Å². The Morgan fingerprint density at radius 2 is 2.00 bits per heavy atom. The number of hydrogen-bond acceptors (Lipinski definition) is 5. The number of carbonyl (C=O) groups is 1. The van der Waals surface area contributed by atoms with E-state index in [-0.39, 0.29) is 23.4 Å². The van der Waals surface area contributed by atoms with Crippen molar-refractivity contribution in [1.29, 1.82) is 0 Å². The average molecular weight is 400 g/mol. The van der Waals surface area contributed by atoms with E-state index in [1.165, 1.54) is 6.26 Å². The predicted molar refractivity (Wildman–Crippen MR) is 110 cm³/mol. The Labute approximate surface area is 167 Å². The minimum absolute atomic E-state index is 0.0575. The Balaban J connectivity index is 1.67. The highest BCUT2D eigenvalue weighted by molar-refractivity contribution is 7.18. The Morgan fingerprint density at radius 3 is 2.61 bits per heavy atom. The van der Waals surface area contributed by atoms with Crippen LogP contribution in [0.5, 0.6) is 0 Å². The molecule has 1 saturated heterocycles. The smallest absolute Gasteiger partial charge is 0.289 e. The van der Waals surface area contributed by atoms with Gasteiger partial charge in [0.1, 0.15) is 10.7 Å². The molecule has 0 spiro atoms. The predicted octanol–water partition coefficient (Wildman–Crippen LogP) is 4.27. The van der Waals surface area contributed by atoms with Crippen molar-refractivity contribution in [2.45, 2.75) is 52.5 Å². The van der Waals surface area contributed by atoms with E-state index in [9.17, 15) is 9.59 Å². The normalized spacial score (nSPS) is 15.7. The van der Waals surface area contributed by atoms with Gasteiger partial charge in [0.05, 0.1) is 11.6 Å². The monoisotopic (exact) mass is 399 g/mol. The number of hydrogen-bond donors (Lipinski definition) is 0. The summed E-state index contributed by atoms with van der Waals surface area (Å²) in [5, 5.41) is 0.751. The van der Waals surface area contributed by atoms with Gasteiger partial charge in [-0.15, -0.1) is 11.3 Å². The van der Waals surface area contributed by atoms with Crippen LogP contribution in [-0.2, 0) is 0 Å². The maximum atomic E-state index is 13.4. The molecule has 0 atom stereocenters. The van der Waals surface area contributed by atoms with Gasteiger partial charge in [-0.1, -0.05) is 13.8 Å². The lowest BCUT2D eigenvalue weighted by atomic mass is 10.0. The first-order chi connectivity index (χ1) is 13.4. The summed E-state index contributed by atoms with van der Waals surface area (Å²) < 4.78 is 7.14. The number of amides is 1. The molecule has 0 N–H and O–H groups in total. The summed E-state index contributed by atoms with van der Waals surface area (Å²) in [4.78, 5) is 34.6. The fourth-order valence-corrected chi connectivity index (χ4v) is 4.99. The van der Waals surface area contributed by atoms with Gasteiger partial charge in [-0.2, -0.15) is 0 Å². The first kappa shape index (κ1) is 18.9. The number of aromatic nitrogens is 2. The lowest BCUT2D eigenvalue weighted by molar-refractivity contribution is 0.0660. The van der Waals surface area contributed by atoms with Gasteiger partial charge < -0.3 is 9.32 Å². The van der Waals surface area contributed by atoms with Crippen molar-refractivity contribution in [1.82, 2.24) is 14.5 Å². The Morgan fingerprint density at radius 1 is 1.29 bits per heavy atom. The van der Waals surface area contributed by atoms with E-state index < -0.39 is 0 Å². The summed E-state index contributed by atoms with van der Waals surface area (Å²) in [5.74, 6) is 1.28. The van der Waals surface area contributed by atoms with Crippen LogP contribution in [0.15, 0.2) is 27.6 Å². The number of furan rings is 1. The van der Waals surface area contributed by atoms with E-state index in [1.54, 1.807) is 28.4 Å². The second-order valence-corrected chi connectivity index (χ2v) is 8.97. The van der Waals surface area contributed by atoms with Crippen LogP contribution >= 0.6 is 11.3 Å². The van der Waals surface area contributed by atoms with Gasteiger partial charge in [-0.25, -0.2) is 4.98 Å². The van der Waals surface area contributed by atoms with Gasteiger partial charge in [-0.3, -0.25) is 14.2 Å². The zero-order valence-corrected chi connectivity index (χ0v) is 17.5. The molecule has 0 unspecified atom stereocenters. The molecule has 1 amide bonds. The third-order valence-electron chi connectivity index (χ3n) is 5.63. The zero-order valence-electron chi connectivity index (χ0n) is 16.7. The van der Waals surface area contributed by atoms with Gasteiger partial charge in [0, 0.05) is 29.9 Å². The molecule has 3 aromatic rings. The summed E-state index contributed by atoms with van der Waals surface area (Å²) >= 11 is 1.59. The Hall–Kier alpha value is -2.41. The Kier molecular flexibility index (Phi) is 4.87. The number of rotatable bonds is 3. The minimum Gasteiger partial charge on any atom is -0.459 e. The first-order valence-electron chi connectivity index (χ1n) is 9.73. The maximum Gasteiger partial charge on any atom is 0.289 e. The quantitative estimate of drug-likeness (QED) is 0.660. The summed E-state index contributed by atoms with van der Waals surface area (Å²) in [6, 6.07) is 3.47. The molecule has 148 valence electrons. The number of aryl methyl sites for hydroxylation is 2. The van der Waals surface area contributed by atoms with Gasteiger partial charge in [0.25, 0.3) is 11.5 Å². The molecule has 1 aliphatic rings. The van der Waals surface area contributed by atoms with Crippen LogP contribution < -0.4 is 5.56 Å². The SMILES string of the molecule is Cc1sc2nc(C(C)C)n(C3CCN(C(=O)c4ccco4)CC3)c(=O)c2c1C. The summed E-state index contributed by atoms with van der Waals surface area (Å²) in [6.07, 6.45) is 2.99. The molecule has 0 aliphatic carbocycles. The number of thiophene rings is 1. The molecule has 0 saturated carbocycles. The van der Waals surface area contributed by atoms with E-state index >= 15 is 0 Å². The average Bonchev–Trinajstić information content (AvgIpc) is 3.30. The largest absolute Gasteiger partial charge is 0.459 e. The van der Waals surface area contributed by atoms with Gasteiger partial charge in [-0.05, 0) is 44.4 Å². The van der Waals surface area contributed by atoms with Gasteiger partial charge in [0.15, 0.2) is 5.76 Å². The third kappa shape index (κ3) is 3.07. The third-order valence-corrected chi connectivity index (χ3v) is 6.73. The van der Waals surface area contributed by atoms with Crippen LogP contribution in [0.1, 0.15) is 65.5 Å². The van der Waals surface area contributed by atoms with Crippen LogP contribution in [-0.4, -0.2) is 33.4 Å². The van der Waals surface area contributed by atoms with Crippen molar-refractivity contribution in [3.05, 3.63) is 50.8 Å². The van der Waals surface area contributed by atoms with E-state index in [0.717, 1.165) is 39.3 Å². The molecule has 0 radical (unpaired) electrons. The van der Waals surface area contributed by atoms with Crippen LogP contribution in [0, 0.1) is 13.8 Å². The lowest BCUT2D eigenvalue weighted by Crippen LogP contribution is -2.41. The Bertz CT molecular complexity index is 1070. The number of likely N-dealkylation sites (tertiary alicyclic amines) is 1. The van der Waals surface area contributed by atoms with Crippen molar-refractivity contribution in [2.24, 2.45) is 0 Å². The van der Waals surface area contributed by atoms with E-state index in [1.807, 2.05) is 18.4 Å². The highest BCUT2D eigenvalue weighted by Crippen LogP contribution is 2.31. The van der Waals surface area contributed by atoms with E-state index in [0.29, 0.717) is 18.8 Å². The van der Waals surface area contributed by atoms with Crippen molar-refractivity contribution in [3.8, 4) is 0 Å². The first-order valence-corrected chi connectivity index (χ1v) is 10.5. The fraction of sp³-hybridized carbons (Fsp3) is 0.476. The molecule has 1 aliphatic heterocycles. The van der Waals surface area contributed by atoms with Crippen LogP contribution in [0.25, 0.3) is 10.2 Å². The molecule has 28 heavy (non-hydrogen) atoms. The number of piperidine rings is 1. The fourth-order valence-electron chi connectivity index (χ4n) is 3.97. The maximum absolute atomic E-state index is 13.4. The highest BCUT2D eigenvalue weighted by Gasteiger charge is 2.29. The number of nitrogens with zero attached hydrogens (tertiary/aromatic N) is 3. The highest BCUT2D eigenvalue weighted by atomic mass is 32.1. The molecule has 1 fully saturated rings. The molecule has 3 aromatic heterocycles. The van der Waals surface area contributed by atoms with Crippen molar-refractivity contribution < 1.29 is 9.21 Å². The van der Waals surface area contributed by atoms with Crippen LogP contribution in [0.3, 0.4) is 0 Å². The van der Waals surface area contributed by atoms with E-state index in [4.69, 9.17) is 9.40 Å². The molecule has 4 heterocycles. The molecule has 0 aromatic carbocycles. The van der Waals surface area contributed by atoms with Gasteiger partial charge in [0.2, 0.25) is 0 Å². The summed E-state index contributed by atoms with van der Waals surface area (Å²) in [6.45, 7) is 9.40. The van der Waals surface area contributed by atoms with Crippen molar-refractivity contribution in [2.75, 3.05) is 13.1 Å². The topological polar surface area (TPSA) is 68.3 Å². The molecule has 7 heteroatoms. The standard InChI is InChI=1S/C21H25N3O3S/c1-12(2)18-22-19-17(13(3)14(4)28-19)21(26)24(18)15-7-9-23(10-8-15)20(25)16-6-5-11-27-16/h5-6,11-12,15H,7-10H2,1-4H3. The van der Waals surface area contributed by atoms with Crippen molar-refractivity contribution >= 4 is 27.5 Å². The van der Waals surface area contributed by atoms with Gasteiger partial charge >= 0.3 is 0 Å². The van der Waals surface area contributed by atoms with Crippen LogP contribution in [0.4, 0.5) is 0 Å². The zero-order chi connectivity index (χ0) is 20.0. The molecule has 4 rings (SSSR count). The second-order valence-electron chi connectivity index (χ2n) is 7.76. The number of fused-ring (bicyclic) bond motifs is 1. The molecule has 0 bridgehead atoms. The van der Waals surface area contributed by atoms with Crippen LogP contribution in [0.2, 0.25) is 0 Å². The lowest BCUT2D eigenvalue weighted by Gasteiger charge is -2.33.